The standard InChI is InChI=1S/C14H17ClN6O/c1-2-10-13-19-17-8-20(13)11-7-16-14(15)18-12(11)21(10)9-3-5-22-6-4-9/h7-10H,2-6H2,1H3. The zero-order valence-electron chi connectivity index (χ0n) is 12.3. The van der Waals surface area contributed by atoms with E-state index >= 15 is 0 Å². The lowest BCUT2D eigenvalue weighted by atomic mass is 10.0. The summed E-state index contributed by atoms with van der Waals surface area (Å²) >= 11 is 6.06. The quantitative estimate of drug-likeness (QED) is 0.790. The lowest BCUT2D eigenvalue weighted by Crippen LogP contribution is -2.45. The van der Waals surface area contributed by atoms with Crippen LogP contribution in [0.2, 0.25) is 5.28 Å². The predicted molar refractivity (Wildman–Crippen MR) is 81.3 cm³/mol. The van der Waals surface area contributed by atoms with Gasteiger partial charge in [-0.3, -0.25) is 4.57 Å². The summed E-state index contributed by atoms with van der Waals surface area (Å²) in [5.74, 6) is 1.80. The summed E-state index contributed by atoms with van der Waals surface area (Å²) in [4.78, 5) is 11.0. The molecule has 1 saturated heterocycles. The third kappa shape index (κ3) is 2.07. The predicted octanol–water partition coefficient (Wildman–Crippen LogP) is 2.16. The van der Waals surface area contributed by atoms with E-state index in [1.165, 1.54) is 0 Å². The number of hydrogen-bond acceptors (Lipinski definition) is 6. The average molecular weight is 321 g/mol. The van der Waals surface area contributed by atoms with E-state index in [1.807, 2.05) is 4.57 Å². The average Bonchev–Trinajstić information content (AvgIpc) is 3.03. The molecule has 116 valence electrons. The first-order valence-corrected chi connectivity index (χ1v) is 7.96. The fourth-order valence-electron chi connectivity index (χ4n) is 3.40. The molecule has 4 rings (SSSR count). The normalized spacial score (nSPS) is 21.5. The minimum Gasteiger partial charge on any atom is -0.381 e. The minimum atomic E-state index is 0.143. The van der Waals surface area contributed by atoms with Crippen molar-refractivity contribution in [1.82, 2.24) is 24.7 Å². The summed E-state index contributed by atoms with van der Waals surface area (Å²) in [5.41, 5.74) is 0.889. The van der Waals surface area contributed by atoms with E-state index in [9.17, 15) is 0 Å². The summed E-state index contributed by atoms with van der Waals surface area (Å²) in [6, 6.07) is 0.512. The Morgan fingerprint density at radius 2 is 2.18 bits per heavy atom. The molecule has 0 aromatic carbocycles. The van der Waals surface area contributed by atoms with Crippen molar-refractivity contribution in [2.75, 3.05) is 18.1 Å². The van der Waals surface area contributed by atoms with Gasteiger partial charge in [0.1, 0.15) is 12.0 Å². The molecule has 0 radical (unpaired) electrons. The molecule has 2 aromatic rings. The first-order valence-electron chi connectivity index (χ1n) is 7.58. The maximum Gasteiger partial charge on any atom is 0.224 e. The van der Waals surface area contributed by atoms with Gasteiger partial charge in [-0.1, -0.05) is 6.92 Å². The van der Waals surface area contributed by atoms with Crippen LogP contribution < -0.4 is 4.90 Å². The Morgan fingerprint density at radius 1 is 1.36 bits per heavy atom. The minimum absolute atomic E-state index is 0.143. The number of nitrogens with zero attached hydrogens (tertiary/aromatic N) is 6. The Balaban J connectivity index is 1.87. The Hall–Kier alpha value is -1.73. The van der Waals surface area contributed by atoms with Crippen molar-refractivity contribution < 1.29 is 4.74 Å². The van der Waals surface area contributed by atoms with Crippen molar-refractivity contribution in [3.63, 3.8) is 0 Å². The molecule has 0 saturated carbocycles. The van der Waals surface area contributed by atoms with E-state index in [0.717, 1.165) is 49.8 Å². The SMILES string of the molecule is CCC1c2nncn2-c2cnc(Cl)nc2N1C1CCOCC1. The molecule has 2 aliphatic rings. The Kier molecular flexibility index (Phi) is 3.46. The number of halogens is 1. The first-order chi connectivity index (χ1) is 10.8. The highest BCUT2D eigenvalue weighted by Gasteiger charge is 2.38. The molecular weight excluding hydrogens is 304 g/mol. The molecule has 2 aliphatic heterocycles. The van der Waals surface area contributed by atoms with Crippen molar-refractivity contribution in [2.45, 2.75) is 38.3 Å². The highest BCUT2D eigenvalue weighted by molar-refractivity contribution is 6.28. The topological polar surface area (TPSA) is 69.0 Å². The van der Waals surface area contributed by atoms with Gasteiger partial charge in [-0.05, 0) is 30.9 Å². The van der Waals surface area contributed by atoms with Gasteiger partial charge >= 0.3 is 0 Å². The van der Waals surface area contributed by atoms with Gasteiger partial charge in [0, 0.05) is 19.3 Å². The van der Waals surface area contributed by atoms with Crippen LogP contribution in [-0.2, 0) is 4.74 Å². The second-order valence-electron chi connectivity index (χ2n) is 5.58. The van der Waals surface area contributed by atoms with Crippen LogP contribution in [0.1, 0.15) is 38.1 Å². The van der Waals surface area contributed by atoms with Gasteiger partial charge in [-0.2, -0.15) is 4.98 Å². The van der Waals surface area contributed by atoms with Gasteiger partial charge in [0.2, 0.25) is 5.28 Å². The van der Waals surface area contributed by atoms with Gasteiger partial charge in [0.15, 0.2) is 11.6 Å². The molecule has 0 amide bonds. The van der Waals surface area contributed by atoms with E-state index in [4.69, 9.17) is 16.3 Å². The largest absolute Gasteiger partial charge is 0.381 e. The van der Waals surface area contributed by atoms with Crippen molar-refractivity contribution in [3.8, 4) is 5.69 Å². The monoisotopic (exact) mass is 320 g/mol. The molecule has 1 unspecified atom stereocenters. The molecule has 2 aromatic heterocycles. The second-order valence-corrected chi connectivity index (χ2v) is 5.92. The van der Waals surface area contributed by atoms with Crippen LogP contribution in [0.4, 0.5) is 5.82 Å². The number of aromatic nitrogens is 5. The number of fused-ring (bicyclic) bond motifs is 3. The fourth-order valence-corrected chi connectivity index (χ4v) is 3.53. The Morgan fingerprint density at radius 3 is 2.95 bits per heavy atom. The number of rotatable bonds is 2. The maximum absolute atomic E-state index is 6.06. The van der Waals surface area contributed by atoms with Gasteiger partial charge in [-0.15, -0.1) is 10.2 Å². The van der Waals surface area contributed by atoms with Gasteiger partial charge < -0.3 is 9.64 Å². The molecule has 1 fully saturated rings. The smallest absolute Gasteiger partial charge is 0.224 e. The summed E-state index contributed by atoms with van der Waals surface area (Å²) < 4.78 is 7.47. The molecule has 22 heavy (non-hydrogen) atoms. The molecule has 0 N–H and O–H groups in total. The zero-order valence-corrected chi connectivity index (χ0v) is 13.1. The van der Waals surface area contributed by atoms with Gasteiger partial charge in [0.25, 0.3) is 0 Å². The first kappa shape index (κ1) is 13.9. The van der Waals surface area contributed by atoms with Gasteiger partial charge in [-0.25, -0.2) is 4.98 Å². The molecular formula is C14H17ClN6O. The van der Waals surface area contributed by atoms with E-state index < -0.39 is 0 Å². The van der Waals surface area contributed by atoms with Crippen molar-refractivity contribution in [1.29, 1.82) is 0 Å². The molecule has 4 heterocycles. The maximum atomic E-state index is 6.06. The van der Waals surface area contributed by atoms with Crippen LogP contribution in [0.15, 0.2) is 12.5 Å². The molecule has 0 bridgehead atoms. The lowest BCUT2D eigenvalue weighted by Gasteiger charge is -2.43. The van der Waals surface area contributed by atoms with Gasteiger partial charge in [0.05, 0.1) is 12.2 Å². The molecule has 0 aliphatic carbocycles. The summed E-state index contributed by atoms with van der Waals surface area (Å²) in [6.07, 6.45) is 6.35. The Bertz CT molecular complexity index is 684. The van der Waals surface area contributed by atoms with Crippen molar-refractivity contribution in [2.24, 2.45) is 0 Å². The van der Waals surface area contributed by atoms with Crippen LogP contribution in [-0.4, -0.2) is 44.0 Å². The molecule has 7 nitrogen and oxygen atoms in total. The number of hydrogen-bond donors (Lipinski definition) is 0. The van der Waals surface area contributed by atoms with Crippen molar-refractivity contribution in [3.05, 3.63) is 23.6 Å². The highest BCUT2D eigenvalue weighted by Crippen LogP contribution is 2.40. The van der Waals surface area contributed by atoms with E-state index in [0.29, 0.717) is 6.04 Å². The number of ether oxygens (including phenoxy) is 1. The lowest BCUT2D eigenvalue weighted by molar-refractivity contribution is 0.0817. The molecule has 8 heteroatoms. The van der Waals surface area contributed by atoms with E-state index in [1.54, 1.807) is 12.5 Å². The molecule has 1 atom stereocenters. The van der Waals surface area contributed by atoms with Crippen molar-refractivity contribution >= 4 is 17.4 Å². The van der Waals surface area contributed by atoms with Crippen LogP contribution in [0, 0.1) is 0 Å². The zero-order chi connectivity index (χ0) is 15.1. The van der Waals surface area contributed by atoms with E-state index in [-0.39, 0.29) is 11.3 Å². The summed E-state index contributed by atoms with van der Waals surface area (Å²) in [6.45, 7) is 3.71. The Labute approximate surface area is 133 Å². The highest BCUT2D eigenvalue weighted by atomic mass is 35.5. The molecule has 0 spiro atoms. The second kappa shape index (κ2) is 5.48. The van der Waals surface area contributed by atoms with Crippen LogP contribution in [0.25, 0.3) is 5.69 Å². The summed E-state index contributed by atoms with van der Waals surface area (Å²) in [7, 11) is 0. The summed E-state index contributed by atoms with van der Waals surface area (Å²) in [5, 5.41) is 8.67. The van der Waals surface area contributed by atoms with Crippen LogP contribution in [0.3, 0.4) is 0 Å². The van der Waals surface area contributed by atoms with E-state index in [2.05, 4.69) is 32.0 Å². The van der Waals surface area contributed by atoms with Crippen LogP contribution in [0.5, 0.6) is 0 Å². The fraction of sp³-hybridized carbons (Fsp3) is 0.571. The third-order valence-corrected chi connectivity index (χ3v) is 4.59. The third-order valence-electron chi connectivity index (χ3n) is 4.40. The van der Waals surface area contributed by atoms with Crippen LogP contribution >= 0.6 is 11.6 Å². The number of anilines is 1.